The molecule has 0 unspecified atom stereocenters. The molecule has 0 saturated carbocycles. The van der Waals surface area contributed by atoms with Crippen LogP contribution in [-0.4, -0.2) is 13.0 Å². The molecule has 0 fully saturated rings. The zero-order valence-corrected chi connectivity index (χ0v) is 10.2. The van der Waals surface area contributed by atoms with Gasteiger partial charge in [0.15, 0.2) is 0 Å². The summed E-state index contributed by atoms with van der Waals surface area (Å²) in [5, 5.41) is 0. The van der Waals surface area contributed by atoms with Gasteiger partial charge in [-0.2, -0.15) is 0 Å². The number of benzene rings is 1. The molecule has 0 aliphatic heterocycles. The lowest BCUT2D eigenvalue weighted by Crippen LogP contribution is -2.08. The molecular formula is C10H12F2INO. The predicted molar refractivity (Wildman–Crippen MR) is 63.6 cm³/mol. The lowest BCUT2D eigenvalue weighted by atomic mass is 10.1. The molecule has 2 N–H and O–H groups in total. The van der Waals surface area contributed by atoms with Crippen molar-refractivity contribution in [3.8, 4) is 5.75 Å². The minimum absolute atomic E-state index is 0.443. The van der Waals surface area contributed by atoms with Gasteiger partial charge in [0, 0.05) is 16.5 Å². The first-order chi connectivity index (χ1) is 7.17. The van der Waals surface area contributed by atoms with Crippen LogP contribution in [0.15, 0.2) is 18.2 Å². The van der Waals surface area contributed by atoms with Crippen LogP contribution in [-0.2, 0) is 11.0 Å². The molecule has 15 heavy (non-hydrogen) atoms. The van der Waals surface area contributed by atoms with E-state index in [4.69, 9.17) is 10.5 Å². The highest BCUT2D eigenvalue weighted by Gasteiger charge is 2.07. The minimum atomic E-state index is -2.44. The summed E-state index contributed by atoms with van der Waals surface area (Å²) in [6.45, 7) is -0.121. The average molecular weight is 327 g/mol. The third kappa shape index (κ3) is 3.90. The summed E-state index contributed by atoms with van der Waals surface area (Å²) < 4.78 is 29.6. The van der Waals surface area contributed by atoms with E-state index < -0.39 is 13.0 Å². The molecule has 0 aliphatic rings. The van der Waals surface area contributed by atoms with Crippen molar-refractivity contribution in [2.45, 2.75) is 17.4 Å². The Balaban J connectivity index is 2.78. The predicted octanol–water partition coefficient (Wildman–Crippen LogP) is 2.72. The summed E-state index contributed by atoms with van der Waals surface area (Å²) in [6.07, 6.45) is -2.44. The van der Waals surface area contributed by atoms with E-state index in [-0.39, 0.29) is 0 Å². The Labute approximate surface area is 101 Å². The van der Waals surface area contributed by atoms with Gasteiger partial charge < -0.3 is 10.5 Å². The van der Waals surface area contributed by atoms with Gasteiger partial charge in [-0.15, -0.1) is 0 Å². The Morgan fingerprint density at radius 3 is 2.67 bits per heavy atom. The molecule has 1 rings (SSSR count). The fourth-order valence-corrected chi connectivity index (χ4v) is 1.75. The largest absolute Gasteiger partial charge is 0.487 e. The fraction of sp³-hybridized carbons (Fsp3) is 0.400. The van der Waals surface area contributed by atoms with E-state index in [1.54, 1.807) is 12.1 Å². The summed E-state index contributed by atoms with van der Waals surface area (Å²) >= 11 is 2.16. The molecule has 5 heteroatoms. The van der Waals surface area contributed by atoms with Crippen LogP contribution < -0.4 is 10.5 Å². The molecule has 0 atom stereocenters. The first-order valence-electron chi connectivity index (χ1n) is 4.46. The molecule has 0 radical (unpaired) electrons. The van der Waals surface area contributed by atoms with Gasteiger partial charge in [0.05, 0.1) is 0 Å². The maximum Gasteiger partial charge on any atom is 0.272 e. The molecule has 1 aromatic rings. The summed E-state index contributed by atoms with van der Waals surface area (Å²) in [4.78, 5) is 0. The van der Waals surface area contributed by atoms with Crippen LogP contribution in [0.5, 0.6) is 5.75 Å². The molecule has 0 saturated heterocycles. The zero-order chi connectivity index (χ0) is 11.3. The van der Waals surface area contributed by atoms with Crippen molar-refractivity contribution >= 4 is 22.6 Å². The van der Waals surface area contributed by atoms with Crippen molar-refractivity contribution < 1.29 is 13.5 Å². The molecule has 2 nitrogen and oxygen atoms in total. The maximum absolute atomic E-state index is 12.0. The van der Waals surface area contributed by atoms with E-state index >= 15 is 0 Å². The molecule has 0 spiro atoms. The summed E-state index contributed by atoms with van der Waals surface area (Å²) in [5.74, 6) is 0.516. The molecule has 0 aliphatic carbocycles. The molecular weight excluding hydrogens is 315 g/mol. The summed E-state index contributed by atoms with van der Waals surface area (Å²) in [7, 11) is 0. The van der Waals surface area contributed by atoms with Gasteiger partial charge in [-0.3, -0.25) is 0 Å². The van der Waals surface area contributed by atoms with Gasteiger partial charge in [-0.25, -0.2) is 8.78 Å². The van der Waals surface area contributed by atoms with Crippen LogP contribution in [0.1, 0.15) is 11.1 Å². The van der Waals surface area contributed by atoms with E-state index in [9.17, 15) is 8.78 Å². The quantitative estimate of drug-likeness (QED) is 0.667. The second kappa shape index (κ2) is 6.22. The van der Waals surface area contributed by atoms with Crippen molar-refractivity contribution in [2.24, 2.45) is 5.73 Å². The molecule has 0 aromatic heterocycles. The Bertz CT molecular complexity index is 320. The van der Waals surface area contributed by atoms with Crippen LogP contribution in [0.3, 0.4) is 0 Å². The first kappa shape index (κ1) is 12.6. The zero-order valence-electron chi connectivity index (χ0n) is 8.05. The monoisotopic (exact) mass is 327 g/mol. The van der Waals surface area contributed by atoms with E-state index in [0.717, 1.165) is 11.1 Å². The Kier molecular flexibility index (Phi) is 5.24. The number of halogens is 3. The van der Waals surface area contributed by atoms with Crippen LogP contribution in [0, 0.1) is 0 Å². The Morgan fingerprint density at radius 1 is 1.40 bits per heavy atom. The van der Waals surface area contributed by atoms with E-state index in [0.29, 0.717) is 16.7 Å². The lowest BCUT2D eigenvalue weighted by molar-refractivity contribution is 0.0815. The second-order valence-corrected chi connectivity index (χ2v) is 3.74. The molecule has 0 heterocycles. The van der Waals surface area contributed by atoms with E-state index in [1.807, 2.05) is 6.07 Å². The summed E-state index contributed by atoms with van der Waals surface area (Å²) in [6, 6.07) is 5.36. The van der Waals surface area contributed by atoms with Gasteiger partial charge in [0.1, 0.15) is 12.4 Å². The second-order valence-electron chi connectivity index (χ2n) is 2.98. The fourth-order valence-electron chi connectivity index (χ4n) is 1.16. The standard InChI is InChI=1S/C10H12F2INO/c11-10(12)6-15-9-2-1-7(5-14)3-8(9)4-13/h1-3,10H,4-6,14H2. The van der Waals surface area contributed by atoms with Crippen molar-refractivity contribution in [1.82, 2.24) is 0 Å². The van der Waals surface area contributed by atoms with E-state index in [1.165, 1.54) is 0 Å². The molecule has 0 amide bonds. The number of ether oxygens (including phenoxy) is 1. The third-order valence-corrected chi connectivity index (χ3v) is 2.69. The highest BCUT2D eigenvalue weighted by atomic mass is 127. The summed E-state index contributed by atoms with van der Waals surface area (Å²) in [5.41, 5.74) is 7.36. The van der Waals surface area contributed by atoms with Gasteiger partial charge in [0.2, 0.25) is 0 Å². The number of alkyl halides is 3. The highest BCUT2D eigenvalue weighted by molar-refractivity contribution is 14.1. The minimum Gasteiger partial charge on any atom is -0.487 e. The van der Waals surface area contributed by atoms with Gasteiger partial charge >= 0.3 is 0 Å². The number of rotatable bonds is 5. The Morgan fingerprint density at radius 2 is 2.13 bits per heavy atom. The van der Waals surface area contributed by atoms with Crippen molar-refractivity contribution in [2.75, 3.05) is 6.61 Å². The highest BCUT2D eigenvalue weighted by Crippen LogP contribution is 2.23. The van der Waals surface area contributed by atoms with Crippen LogP contribution in [0.25, 0.3) is 0 Å². The number of hydrogen-bond acceptors (Lipinski definition) is 2. The van der Waals surface area contributed by atoms with Crippen LogP contribution in [0.4, 0.5) is 8.78 Å². The van der Waals surface area contributed by atoms with Gasteiger partial charge in [-0.05, 0) is 11.6 Å². The van der Waals surface area contributed by atoms with Crippen LogP contribution in [0.2, 0.25) is 0 Å². The van der Waals surface area contributed by atoms with Crippen LogP contribution >= 0.6 is 22.6 Å². The Hall–Kier alpha value is -0.430. The third-order valence-electron chi connectivity index (χ3n) is 1.87. The molecule has 0 bridgehead atoms. The normalized spacial score (nSPS) is 10.7. The van der Waals surface area contributed by atoms with Gasteiger partial charge in [0.25, 0.3) is 6.43 Å². The topological polar surface area (TPSA) is 35.2 Å². The van der Waals surface area contributed by atoms with E-state index in [2.05, 4.69) is 22.6 Å². The number of nitrogens with two attached hydrogens (primary N) is 1. The molecule has 84 valence electrons. The van der Waals surface area contributed by atoms with Crippen molar-refractivity contribution in [1.29, 1.82) is 0 Å². The lowest BCUT2D eigenvalue weighted by Gasteiger charge is -2.10. The van der Waals surface area contributed by atoms with Crippen molar-refractivity contribution in [3.63, 3.8) is 0 Å². The first-order valence-corrected chi connectivity index (χ1v) is 5.98. The number of hydrogen-bond donors (Lipinski definition) is 1. The average Bonchev–Trinajstić information content (AvgIpc) is 2.25. The van der Waals surface area contributed by atoms with Gasteiger partial charge in [-0.1, -0.05) is 34.7 Å². The maximum atomic E-state index is 12.0. The smallest absolute Gasteiger partial charge is 0.272 e. The molecule has 1 aromatic carbocycles. The van der Waals surface area contributed by atoms with Crippen molar-refractivity contribution in [3.05, 3.63) is 29.3 Å². The SMILES string of the molecule is NCc1ccc(OCC(F)F)c(CI)c1.